The maximum absolute atomic E-state index is 13.4. The van der Waals surface area contributed by atoms with E-state index in [1.807, 2.05) is 18.2 Å². The van der Waals surface area contributed by atoms with Crippen LogP contribution >= 0.6 is 0 Å². The summed E-state index contributed by atoms with van der Waals surface area (Å²) < 4.78 is 13.4. The van der Waals surface area contributed by atoms with E-state index in [9.17, 15) is 4.39 Å². The molecular weight excluding hydrogens is 213 g/mol. The van der Waals surface area contributed by atoms with Crippen LogP contribution in [0.25, 0.3) is 11.1 Å². The van der Waals surface area contributed by atoms with E-state index in [0.717, 1.165) is 24.0 Å². The molecule has 0 fully saturated rings. The summed E-state index contributed by atoms with van der Waals surface area (Å²) in [5.41, 5.74) is 8.85. The van der Waals surface area contributed by atoms with Gasteiger partial charge in [-0.1, -0.05) is 43.7 Å². The van der Waals surface area contributed by atoms with Gasteiger partial charge in [-0.25, -0.2) is 4.39 Å². The van der Waals surface area contributed by atoms with Crippen LogP contribution in [0.3, 0.4) is 0 Å². The van der Waals surface area contributed by atoms with Crippen molar-refractivity contribution in [3.05, 3.63) is 53.8 Å². The summed E-state index contributed by atoms with van der Waals surface area (Å²) >= 11 is 0. The fourth-order valence-electron chi connectivity index (χ4n) is 1.90. The van der Waals surface area contributed by atoms with Crippen LogP contribution in [0.1, 0.15) is 18.9 Å². The third-order valence-corrected chi connectivity index (χ3v) is 2.80. The van der Waals surface area contributed by atoms with Gasteiger partial charge in [0.1, 0.15) is 5.82 Å². The second-order valence-electron chi connectivity index (χ2n) is 4.19. The summed E-state index contributed by atoms with van der Waals surface area (Å²) in [7, 11) is 0. The van der Waals surface area contributed by atoms with Gasteiger partial charge in [0, 0.05) is 0 Å². The monoisotopic (exact) mass is 229 g/mol. The SMILES string of the molecule is CCCc1cccc(-c2ccc(N)c(F)c2)c1. The van der Waals surface area contributed by atoms with Crippen LogP contribution in [0.5, 0.6) is 0 Å². The van der Waals surface area contributed by atoms with Gasteiger partial charge in [-0.3, -0.25) is 0 Å². The van der Waals surface area contributed by atoms with Gasteiger partial charge in [0.15, 0.2) is 0 Å². The molecule has 0 aliphatic carbocycles. The zero-order valence-electron chi connectivity index (χ0n) is 9.91. The molecule has 2 heteroatoms. The Morgan fingerprint density at radius 3 is 2.53 bits per heavy atom. The second-order valence-corrected chi connectivity index (χ2v) is 4.19. The summed E-state index contributed by atoms with van der Waals surface area (Å²) in [6.45, 7) is 2.15. The first-order valence-corrected chi connectivity index (χ1v) is 5.85. The largest absolute Gasteiger partial charge is 0.396 e. The lowest BCUT2D eigenvalue weighted by Gasteiger charge is -2.06. The fourth-order valence-corrected chi connectivity index (χ4v) is 1.90. The number of nitrogen functional groups attached to an aromatic ring is 1. The molecule has 88 valence electrons. The van der Waals surface area contributed by atoms with Gasteiger partial charge in [0.25, 0.3) is 0 Å². The minimum atomic E-state index is -0.358. The number of nitrogens with two attached hydrogens (primary N) is 1. The van der Waals surface area contributed by atoms with Crippen molar-refractivity contribution in [1.82, 2.24) is 0 Å². The highest BCUT2D eigenvalue weighted by Gasteiger charge is 2.03. The number of halogens is 1. The van der Waals surface area contributed by atoms with Gasteiger partial charge in [0.05, 0.1) is 5.69 Å². The van der Waals surface area contributed by atoms with E-state index in [0.29, 0.717) is 0 Å². The molecule has 2 aromatic rings. The molecule has 17 heavy (non-hydrogen) atoms. The van der Waals surface area contributed by atoms with E-state index >= 15 is 0 Å². The smallest absolute Gasteiger partial charge is 0.146 e. The zero-order chi connectivity index (χ0) is 12.3. The van der Waals surface area contributed by atoms with Crippen molar-refractivity contribution in [3.63, 3.8) is 0 Å². The molecule has 0 heterocycles. The molecule has 0 aliphatic heterocycles. The fraction of sp³-hybridized carbons (Fsp3) is 0.200. The maximum atomic E-state index is 13.4. The summed E-state index contributed by atoms with van der Waals surface area (Å²) in [6, 6.07) is 13.1. The van der Waals surface area contributed by atoms with E-state index in [1.54, 1.807) is 6.07 Å². The molecule has 0 aromatic heterocycles. The molecule has 0 aliphatic rings. The standard InChI is InChI=1S/C15H16FN/c1-2-4-11-5-3-6-12(9-11)13-7-8-15(17)14(16)10-13/h3,5-10H,2,4,17H2,1H3. The highest BCUT2D eigenvalue weighted by molar-refractivity contribution is 5.66. The highest BCUT2D eigenvalue weighted by atomic mass is 19.1. The van der Waals surface area contributed by atoms with E-state index in [-0.39, 0.29) is 11.5 Å². The Kier molecular flexibility index (Phi) is 3.43. The van der Waals surface area contributed by atoms with E-state index < -0.39 is 0 Å². The predicted octanol–water partition coefficient (Wildman–Crippen LogP) is 4.03. The van der Waals surface area contributed by atoms with Crippen molar-refractivity contribution < 1.29 is 4.39 Å². The van der Waals surface area contributed by atoms with Gasteiger partial charge in [0.2, 0.25) is 0 Å². The number of aryl methyl sites for hydroxylation is 1. The third kappa shape index (κ3) is 2.64. The Hall–Kier alpha value is -1.83. The molecule has 0 bridgehead atoms. The van der Waals surface area contributed by atoms with E-state index in [1.165, 1.54) is 11.6 Å². The lowest BCUT2D eigenvalue weighted by molar-refractivity contribution is 0.633. The van der Waals surface area contributed by atoms with Crippen LogP contribution in [-0.2, 0) is 6.42 Å². The minimum absolute atomic E-state index is 0.193. The molecule has 0 saturated heterocycles. The lowest BCUT2D eigenvalue weighted by atomic mass is 10.0. The molecule has 2 aromatic carbocycles. The summed E-state index contributed by atoms with van der Waals surface area (Å²) in [5.74, 6) is -0.358. The zero-order valence-corrected chi connectivity index (χ0v) is 9.91. The van der Waals surface area contributed by atoms with Crippen molar-refractivity contribution in [1.29, 1.82) is 0 Å². The van der Waals surface area contributed by atoms with Crippen molar-refractivity contribution in [2.75, 3.05) is 5.73 Å². The Balaban J connectivity index is 2.38. The average Bonchev–Trinajstić information content (AvgIpc) is 2.33. The summed E-state index contributed by atoms with van der Waals surface area (Å²) in [5, 5.41) is 0. The minimum Gasteiger partial charge on any atom is -0.396 e. The summed E-state index contributed by atoms with van der Waals surface area (Å²) in [4.78, 5) is 0. The molecule has 0 atom stereocenters. The second kappa shape index (κ2) is 5.00. The van der Waals surface area contributed by atoms with Crippen molar-refractivity contribution in [2.45, 2.75) is 19.8 Å². The normalized spacial score (nSPS) is 10.5. The number of benzene rings is 2. The molecule has 1 nitrogen and oxygen atoms in total. The number of rotatable bonds is 3. The topological polar surface area (TPSA) is 26.0 Å². The van der Waals surface area contributed by atoms with Crippen molar-refractivity contribution in [2.24, 2.45) is 0 Å². The first-order valence-electron chi connectivity index (χ1n) is 5.85. The first kappa shape index (κ1) is 11.6. The van der Waals surface area contributed by atoms with E-state index in [4.69, 9.17) is 5.73 Å². The molecule has 2 rings (SSSR count). The first-order chi connectivity index (χ1) is 8.20. The van der Waals surface area contributed by atoms with Gasteiger partial charge < -0.3 is 5.73 Å². The summed E-state index contributed by atoms with van der Waals surface area (Å²) in [6.07, 6.45) is 2.16. The van der Waals surface area contributed by atoms with Gasteiger partial charge in [-0.05, 0) is 35.2 Å². The molecular formula is C15H16FN. The molecule has 2 N–H and O–H groups in total. The lowest BCUT2D eigenvalue weighted by Crippen LogP contribution is -1.91. The Bertz CT molecular complexity index is 520. The van der Waals surface area contributed by atoms with Crippen LogP contribution in [0, 0.1) is 5.82 Å². The Morgan fingerprint density at radius 2 is 1.82 bits per heavy atom. The van der Waals surface area contributed by atoms with Gasteiger partial charge in [-0.2, -0.15) is 0 Å². The quantitative estimate of drug-likeness (QED) is 0.790. The Morgan fingerprint density at radius 1 is 1.06 bits per heavy atom. The molecule has 0 amide bonds. The maximum Gasteiger partial charge on any atom is 0.146 e. The number of anilines is 1. The van der Waals surface area contributed by atoms with Crippen LogP contribution in [-0.4, -0.2) is 0 Å². The Labute approximate surface area is 101 Å². The molecule has 0 spiro atoms. The van der Waals surface area contributed by atoms with Crippen LogP contribution in [0.4, 0.5) is 10.1 Å². The predicted molar refractivity (Wildman–Crippen MR) is 70.2 cm³/mol. The van der Waals surface area contributed by atoms with Crippen molar-refractivity contribution in [3.8, 4) is 11.1 Å². The number of hydrogen-bond acceptors (Lipinski definition) is 1. The van der Waals surface area contributed by atoms with Crippen LogP contribution in [0.2, 0.25) is 0 Å². The van der Waals surface area contributed by atoms with Crippen LogP contribution < -0.4 is 5.73 Å². The molecule has 0 radical (unpaired) electrons. The highest BCUT2D eigenvalue weighted by Crippen LogP contribution is 2.24. The third-order valence-electron chi connectivity index (χ3n) is 2.80. The van der Waals surface area contributed by atoms with E-state index in [2.05, 4.69) is 19.1 Å². The molecule has 0 unspecified atom stereocenters. The van der Waals surface area contributed by atoms with Gasteiger partial charge >= 0.3 is 0 Å². The van der Waals surface area contributed by atoms with Crippen LogP contribution in [0.15, 0.2) is 42.5 Å². The van der Waals surface area contributed by atoms with Gasteiger partial charge in [-0.15, -0.1) is 0 Å². The van der Waals surface area contributed by atoms with Crippen molar-refractivity contribution >= 4 is 5.69 Å². The molecule has 0 saturated carbocycles. The number of hydrogen-bond donors (Lipinski definition) is 1. The average molecular weight is 229 g/mol.